The van der Waals surface area contributed by atoms with Gasteiger partial charge < -0.3 is 10.1 Å². The maximum absolute atomic E-state index is 12.9. The molecular formula is C14H19F2NO. The highest BCUT2D eigenvalue weighted by molar-refractivity contribution is 5.16. The molecule has 0 unspecified atom stereocenters. The quantitative estimate of drug-likeness (QED) is 0.817. The molecule has 0 amide bonds. The van der Waals surface area contributed by atoms with E-state index in [4.69, 9.17) is 4.74 Å². The van der Waals surface area contributed by atoms with Crippen LogP contribution < -0.4 is 5.32 Å². The minimum Gasteiger partial charge on any atom is -0.377 e. The van der Waals surface area contributed by atoms with E-state index in [1.807, 2.05) is 0 Å². The van der Waals surface area contributed by atoms with Crippen LogP contribution in [-0.4, -0.2) is 19.7 Å². The topological polar surface area (TPSA) is 21.3 Å². The third-order valence-electron chi connectivity index (χ3n) is 3.26. The van der Waals surface area contributed by atoms with Crippen LogP contribution in [0.25, 0.3) is 0 Å². The summed E-state index contributed by atoms with van der Waals surface area (Å²) < 4.78 is 31.3. The summed E-state index contributed by atoms with van der Waals surface area (Å²) in [5.41, 5.74) is 0.550. The summed E-state index contributed by atoms with van der Waals surface area (Å²) in [7, 11) is 0. The van der Waals surface area contributed by atoms with Crippen molar-refractivity contribution in [1.82, 2.24) is 5.32 Å². The Kier molecular flexibility index (Phi) is 5.08. The van der Waals surface area contributed by atoms with Gasteiger partial charge in [-0.2, -0.15) is 0 Å². The molecule has 1 aromatic carbocycles. The molecule has 0 bridgehead atoms. The van der Waals surface area contributed by atoms with Crippen molar-refractivity contribution in [2.75, 3.05) is 19.7 Å². The normalized spacial score (nSPS) is 20.0. The van der Waals surface area contributed by atoms with E-state index in [1.54, 1.807) is 0 Å². The molecule has 100 valence electrons. The van der Waals surface area contributed by atoms with Gasteiger partial charge in [-0.1, -0.05) is 0 Å². The number of halogens is 2. The van der Waals surface area contributed by atoms with Crippen molar-refractivity contribution < 1.29 is 13.5 Å². The second-order valence-electron chi connectivity index (χ2n) is 4.83. The Labute approximate surface area is 106 Å². The lowest BCUT2D eigenvalue weighted by molar-refractivity contribution is 0.103. The maximum Gasteiger partial charge on any atom is 0.126 e. The average molecular weight is 255 g/mol. The van der Waals surface area contributed by atoms with Crippen molar-refractivity contribution in [1.29, 1.82) is 0 Å². The summed E-state index contributed by atoms with van der Waals surface area (Å²) in [6, 6.07) is 3.49. The molecule has 4 heteroatoms. The highest BCUT2D eigenvalue weighted by atomic mass is 19.1. The number of nitrogens with one attached hydrogen (secondary N) is 1. The first-order valence-electron chi connectivity index (χ1n) is 6.47. The van der Waals surface area contributed by atoms with Gasteiger partial charge in [0.1, 0.15) is 11.6 Å². The third-order valence-corrected chi connectivity index (χ3v) is 3.26. The van der Waals surface area contributed by atoms with Crippen LogP contribution in [0.4, 0.5) is 8.78 Å². The Hall–Kier alpha value is -1.00. The van der Waals surface area contributed by atoms with Gasteiger partial charge in [0.05, 0.1) is 6.61 Å². The standard InChI is InChI=1S/C14H19F2NO/c15-13-6-12(7-14(16)8-13)10-18-5-3-11-2-1-4-17-9-11/h6-8,11,17H,1-5,9-10H2/t11-/m1/s1. The molecule has 1 aliphatic heterocycles. The second-order valence-corrected chi connectivity index (χ2v) is 4.83. The molecule has 18 heavy (non-hydrogen) atoms. The SMILES string of the molecule is Fc1cc(F)cc(COCC[C@H]2CCCNC2)c1. The zero-order valence-electron chi connectivity index (χ0n) is 10.4. The fourth-order valence-electron chi connectivity index (χ4n) is 2.30. The van der Waals surface area contributed by atoms with Crippen LogP contribution in [0.5, 0.6) is 0 Å². The summed E-state index contributed by atoms with van der Waals surface area (Å²) in [4.78, 5) is 0. The molecule has 1 saturated heterocycles. The fourth-order valence-corrected chi connectivity index (χ4v) is 2.30. The van der Waals surface area contributed by atoms with Crippen LogP contribution in [0.15, 0.2) is 18.2 Å². The van der Waals surface area contributed by atoms with E-state index in [0.717, 1.165) is 25.6 Å². The largest absolute Gasteiger partial charge is 0.377 e. The van der Waals surface area contributed by atoms with Crippen molar-refractivity contribution in [2.45, 2.75) is 25.9 Å². The zero-order valence-corrected chi connectivity index (χ0v) is 10.4. The first-order chi connectivity index (χ1) is 8.74. The van der Waals surface area contributed by atoms with Gasteiger partial charge in [-0.05, 0) is 56.0 Å². The van der Waals surface area contributed by atoms with E-state index in [2.05, 4.69) is 5.32 Å². The van der Waals surface area contributed by atoms with Crippen LogP contribution >= 0.6 is 0 Å². The number of ether oxygens (including phenoxy) is 1. The van der Waals surface area contributed by atoms with Crippen molar-refractivity contribution in [2.24, 2.45) is 5.92 Å². The molecule has 1 fully saturated rings. The van der Waals surface area contributed by atoms with Gasteiger partial charge in [0, 0.05) is 12.7 Å². The summed E-state index contributed by atoms with van der Waals surface area (Å²) in [5, 5.41) is 3.35. The molecule has 1 aromatic rings. The molecule has 0 aliphatic carbocycles. The van der Waals surface area contributed by atoms with Crippen molar-refractivity contribution in [3.8, 4) is 0 Å². The smallest absolute Gasteiger partial charge is 0.126 e. The summed E-state index contributed by atoms with van der Waals surface area (Å²) >= 11 is 0. The first kappa shape index (κ1) is 13.4. The highest BCUT2D eigenvalue weighted by Gasteiger charge is 2.12. The van der Waals surface area contributed by atoms with Crippen LogP contribution in [0, 0.1) is 17.6 Å². The average Bonchev–Trinajstić information content (AvgIpc) is 2.35. The van der Waals surface area contributed by atoms with Crippen LogP contribution in [-0.2, 0) is 11.3 Å². The lowest BCUT2D eigenvalue weighted by atomic mass is 9.97. The van der Waals surface area contributed by atoms with Crippen molar-refractivity contribution in [3.05, 3.63) is 35.4 Å². The molecule has 2 rings (SSSR count). The van der Waals surface area contributed by atoms with E-state index >= 15 is 0 Å². The minimum atomic E-state index is -0.551. The predicted molar refractivity (Wildman–Crippen MR) is 66.2 cm³/mol. The summed E-state index contributed by atoms with van der Waals surface area (Å²) in [5.74, 6) is -0.432. The summed E-state index contributed by atoms with van der Waals surface area (Å²) in [6.45, 7) is 3.08. The molecule has 2 nitrogen and oxygen atoms in total. The number of rotatable bonds is 5. The van der Waals surface area contributed by atoms with Gasteiger partial charge in [-0.3, -0.25) is 0 Å². The lowest BCUT2D eigenvalue weighted by Gasteiger charge is -2.22. The monoisotopic (exact) mass is 255 g/mol. The molecular weight excluding hydrogens is 236 g/mol. The number of hydrogen-bond acceptors (Lipinski definition) is 2. The van der Waals surface area contributed by atoms with Gasteiger partial charge in [0.2, 0.25) is 0 Å². The van der Waals surface area contributed by atoms with Gasteiger partial charge in [0.25, 0.3) is 0 Å². The minimum absolute atomic E-state index is 0.273. The molecule has 0 saturated carbocycles. The zero-order chi connectivity index (χ0) is 12.8. The maximum atomic E-state index is 12.9. The van der Waals surface area contributed by atoms with Crippen molar-refractivity contribution >= 4 is 0 Å². The fraction of sp³-hybridized carbons (Fsp3) is 0.571. The molecule has 0 radical (unpaired) electrons. The van der Waals surface area contributed by atoms with Crippen LogP contribution in [0.1, 0.15) is 24.8 Å². The van der Waals surface area contributed by atoms with Crippen LogP contribution in [0.3, 0.4) is 0 Å². The lowest BCUT2D eigenvalue weighted by Crippen LogP contribution is -2.30. The third kappa shape index (κ3) is 4.35. The molecule has 0 spiro atoms. The van der Waals surface area contributed by atoms with Crippen molar-refractivity contribution in [3.63, 3.8) is 0 Å². The Morgan fingerprint density at radius 1 is 1.22 bits per heavy atom. The van der Waals surface area contributed by atoms with E-state index in [1.165, 1.54) is 25.0 Å². The number of benzene rings is 1. The van der Waals surface area contributed by atoms with Gasteiger partial charge in [-0.15, -0.1) is 0 Å². The predicted octanol–water partition coefficient (Wildman–Crippen LogP) is 2.87. The van der Waals surface area contributed by atoms with E-state index < -0.39 is 11.6 Å². The Morgan fingerprint density at radius 3 is 2.67 bits per heavy atom. The first-order valence-corrected chi connectivity index (χ1v) is 6.47. The van der Waals surface area contributed by atoms with Crippen LogP contribution in [0.2, 0.25) is 0 Å². The van der Waals surface area contributed by atoms with Gasteiger partial charge in [-0.25, -0.2) is 8.78 Å². The number of hydrogen-bond donors (Lipinski definition) is 1. The van der Waals surface area contributed by atoms with Gasteiger partial charge in [0.15, 0.2) is 0 Å². The summed E-state index contributed by atoms with van der Waals surface area (Å²) in [6.07, 6.45) is 3.47. The molecule has 0 aromatic heterocycles. The molecule has 1 atom stereocenters. The molecule has 1 aliphatic rings. The van der Waals surface area contributed by atoms with E-state index in [9.17, 15) is 8.78 Å². The Bertz CT molecular complexity index is 358. The Balaban J connectivity index is 1.68. The van der Waals surface area contributed by atoms with E-state index in [0.29, 0.717) is 18.1 Å². The van der Waals surface area contributed by atoms with Gasteiger partial charge >= 0.3 is 0 Å². The molecule has 1 N–H and O–H groups in total. The highest BCUT2D eigenvalue weighted by Crippen LogP contribution is 2.14. The molecule has 1 heterocycles. The number of piperidine rings is 1. The second kappa shape index (κ2) is 6.81. The van der Waals surface area contributed by atoms with E-state index in [-0.39, 0.29) is 6.61 Å². The Morgan fingerprint density at radius 2 is 2.00 bits per heavy atom.